The predicted molar refractivity (Wildman–Crippen MR) is 67.6 cm³/mol. The summed E-state index contributed by atoms with van der Waals surface area (Å²) in [4.78, 5) is 14.6. The lowest BCUT2D eigenvalue weighted by atomic mass is 10.0. The number of amides is 1. The Morgan fingerprint density at radius 3 is 2.06 bits per heavy atom. The molecule has 1 aliphatic heterocycles. The van der Waals surface area contributed by atoms with E-state index in [2.05, 4.69) is 10.2 Å². The second kappa shape index (κ2) is 4.45. The van der Waals surface area contributed by atoms with Gasteiger partial charge in [0.25, 0.3) is 0 Å². The molecule has 0 atom stereocenters. The summed E-state index contributed by atoms with van der Waals surface area (Å²) in [5.74, 6) is 1.91. The van der Waals surface area contributed by atoms with E-state index in [9.17, 15) is 4.79 Å². The molecule has 1 amide bonds. The molecule has 94 valence electrons. The maximum absolute atomic E-state index is 12.4. The Hall–Kier alpha value is -0.830. The SMILES string of the molecule is CC(C(=O)N(CC1CC1)CC1CC1)=C1CNC1. The van der Waals surface area contributed by atoms with Crippen molar-refractivity contribution in [2.45, 2.75) is 32.6 Å². The quantitative estimate of drug-likeness (QED) is 0.732. The second-order valence-corrected chi connectivity index (χ2v) is 5.93. The third-order valence-corrected chi connectivity index (χ3v) is 4.17. The first-order valence-electron chi connectivity index (χ1n) is 6.92. The van der Waals surface area contributed by atoms with E-state index in [0.29, 0.717) is 5.91 Å². The molecule has 0 aromatic rings. The summed E-state index contributed by atoms with van der Waals surface area (Å²) in [6, 6.07) is 0. The van der Waals surface area contributed by atoms with Gasteiger partial charge in [-0.05, 0) is 50.0 Å². The molecule has 0 radical (unpaired) electrons. The van der Waals surface area contributed by atoms with Crippen LogP contribution >= 0.6 is 0 Å². The topological polar surface area (TPSA) is 32.3 Å². The monoisotopic (exact) mass is 234 g/mol. The molecule has 3 aliphatic rings. The van der Waals surface area contributed by atoms with Crippen LogP contribution in [0.3, 0.4) is 0 Å². The van der Waals surface area contributed by atoms with Crippen molar-refractivity contribution in [3.63, 3.8) is 0 Å². The first-order chi connectivity index (χ1) is 8.24. The van der Waals surface area contributed by atoms with Crippen molar-refractivity contribution in [1.82, 2.24) is 10.2 Å². The Bertz CT molecular complexity index is 333. The van der Waals surface area contributed by atoms with Gasteiger partial charge in [-0.2, -0.15) is 0 Å². The van der Waals surface area contributed by atoms with E-state index in [1.54, 1.807) is 0 Å². The molecular formula is C14H22N2O. The van der Waals surface area contributed by atoms with Crippen LogP contribution in [0, 0.1) is 11.8 Å². The standard InChI is InChI=1S/C14H22N2O/c1-10(13-6-15-7-13)14(17)16(8-11-2-3-11)9-12-4-5-12/h11-12,15H,2-9H2,1H3. The van der Waals surface area contributed by atoms with Crippen LogP contribution in [0.4, 0.5) is 0 Å². The molecule has 0 aromatic heterocycles. The number of nitrogens with one attached hydrogen (secondary N) is 1. The van der Waals surface area contributed by atoms with Gasteiger partial charge in [-0.1, -0.05) is 0 Å². The van der Waals surface area contributed by atoms with E-state index in [1.165, 1.54) is 31.3 Å². The zero-order chi connectivity index (χ0) is 11.8. The molecule has 0 unspecified atom stereocenters. The number of rotatable bonds is 5. The van der Waals surface area contributed by atoms with E-state index in [4.69, 9.17) is 0 Å². The first-order valence-corrected chi connectivity index (χ1v) is 6.92. The van der Waals surface area contributed by atoms with Crippen molar-refractivity contribution in [3.8, 4) is 0 Å². The van der Waals surface area contributed by atoms with Crippen LogP contribution in [0.1, 0.15) is 32.6 Å². The van der Waals surface area contributed by atoms with Crippen LogP contribution in [-0.4, -0.2) is 37.0 Å². The largest absolute Gasteiger partial charge is 0.338 e. The summed E-state index contributed by atoms with van der Waals surface area (Å²) in [6.07, 6.45) is 5.30. The maximum atomic E-state index is 12.4. The number of hydrogen-bond donors (Lipinski definition) is 1. The third kappa shape index (κ3) is 2.71. The van der Waals surface area contributed by atoms with Gasteiger partial charge in [0.15, 0.2) is 0 Å². The third-order valence-electron chi connectivity index (χ3n) is 4.17. The van der Waals surface area contributed by atoms with Crippen LogP contribution < -0.4 is 5.32 Å². The molecule has 1 saturated heterocycles. The van der Waals surface area contributed by atoms with Crippen LogP contribution in [-0.2, 0) is 4.79 Å². The van der Waals surface area contributed by atoms with Gasteiger partial charge in [-0.3, -0.25) is 4.79 Å². The Morgan fingerprint density at radius 2 is 1.71 bits per heavy atom. The molecular weight excluding hydrogens is 212 g/mol. The van der Waals surface area contributed by atoms with E-state index < -0.39 is 0 Å². The average molecular weight is 234 g/mol. The molecule has 0 bridgehead atoms. The van der Waals surface area contributed by atoms with Gasteiger partial charge in [0.1, 0.15) is 0 Å². The van der Waals surface area contributed by atoms with Crippen molar-refractivity contribution in [2.24, 2.45) is 11.8 Å². The second-order valence-electron chi connectivity index (χ2n) is 5.93. The highest BCUT2D eigenvalue weighted by Gasteiger charge is 2.32. The molecule has 1 N–H and O–H groups in total. The van der Waals surface area contributed by atoms with Gasteiger partial charge in [0.2, 0.25) is 5.91 Å². The summed E-state index contributed by atoms with van der Waals surface area (Å²) in [6.45, 7) is 5.85. The number of nitrogens with zero attached hydrogens (tertiary/aromatic N) is 1. The normalized spacial score (nSPS) is 23.2. The summed E-state index contributed by atoms with van der Waals surface area (Å²) in [5, 5.41) is 3.21. The zero-order valence-electron chi connectivity index (χ0n) is 10.7. The Kier molecular flexibility index (Phi) is 2.95. The molecule has 17 heavy (non-hydrogen) atoms. The highest BCUT2D eigenvalue weighted by atomic mass is 16.2. The first kappa shape index (κ1) is 11.3. The van der Waals surface area contributed by atoms with Crippen LogP contribution in [0.25, 0.3) is 0 Å². The van der Waals surface area contributed by atoms with Crippen molar-refractivity contribution in [2.75, 3.05) is 26.2 Å². The van der Waals surface area contributed by atoms with Crippen molar-refractivity contribution >= 4 is 5.91 Å². The predicted octanol–water partition coefficient (Wildman–Crippen LogP) is 1.55. The fourth-order valence-corrected chi connectivity index (χ4v) is 2.37. The molecule has 3 nitrogen and oxygen atoms in total. The van der Waals surface area contributed by atoms with Gasteiger partial charge in [0.05, 0.1) is 0 Å². The van der Waals surface area contributed by atoms with Gasteiger partial charge < -0.3 is 10.2 Å². The van der Waals surface area contributed by atoms with Crippen LogP contribution in [0.15, 0.2) is 11.1 Å². The van der Waals surface area contributed by atoms with Gasteiger partial charge in [0, 0.05) is 31.8 Å². The molecule has 3 fully saturated rings. The molecule has 0 spiro atoms. The van der Waals surface area contributed by atoms with Gasteiger partial charge in [-0.25, -0.2) is 0 Å². The van der Waals surface area contributed by atoms with E-state index in [-0.39, 0.29) is 0 Å². The van der Waals surface area contributed by atoms with Gasteiger partial charge in [-0.15, -0.1) is 0 Å². The van der Waals surface area contributed by atoms with E-state index in [1.807, 2.05) is 6.92 Å². The Morgan fingerprint density at radius 1 is 1.18 bits per heavy atom. The minimum Gasteiger partial charge on any atom is -0.338 e. The minimum atomic E-state index is 0.306. The fourth-order valence-electron chi connectivity index (χ4n) is 2.37. The molecule has 2 saturated carbocycles. The smallest absolute Gasteiger partial charge is 0.249 e. The number of hydrogen-bond acceptors (Lipinski definition) is 2. The number of carbonyl (C=O) groups excluding carboxylic acids is 1. The Labute approximate surface area is 103 Å². The maximum Gasteiger partial charge on any atom is 0.249 e. The molecule has 0 aromatic carbocycles. The summed E-state index contributed by atoms with van der Waals surface area (Å²) >= 11 is 0. The van der Waals surface area contributed by atoms with Gasteiger partial charge >= 0.3 is 0 Å². The lowest BCUT2D eigenvalue weighted by Crippen LogP contribution is -2.40. The lowest BCUT2D eigenvalue weighted by Gasteiger charge is -2.27. The molecule has 2 aliphatic carbocycles. The molecule has 3 heteroatoms. The number of carbonyl (C=O) groups is 1. The van der Waals surface area contributed by atoms with E-state index >= 15 is 0 Å². The zero-order valence-corrected chi connectivity index (χ0v) is 10.7. The highest BCUT2D eigenvalue weighted by molar-refractivity contribution is 5.94. The summed E-state index contributed by atoms with van der Waals surface area (Å²) < 4.78 is 0. The van der Waals surface area contributed by atoms with Crippen molar-refractivity contribution < 1.29 is 4.79 Å². The summed E-state index contributed by atoms with van der Waals surface area (Å²) in [5.41, 5.74) is 2.32. The van der Waals surface area contributed by atoms with E-state index in [0.717, 1.165) is 43.6 Å². The van der Waals surface area contributed by atoms with Crippen LogP contribution in [0.5, 0.6) is 0 Å². The molecule has 3 rings (SSSR count). The Balaban J connectivity index is 1.64. The molecule has 1 heterocycles. The summed E-state index contributed by atoms with van der Waals surface area (Å²) in [7, 11) is 0. The lowest BCUT2D eigenvalue weighted by molar-refractivity contribution is -0.127. The minimum absolute atomic E-state index is 0.306. The van der Waals surface area contributed by atoms with Crippen LogP contribution in [0.2, 0.25) is 0 Å². The highest BCUT2D eigenvalue weighted by Crippen LogP contribution is 2.34. The fraction of sp³-hybridized carbons (Fsp3) is 0.786. The van der Waals surface area contributed by atoms with Crippen molar-refractivity contribution in [1.29, 1.82) is 0 Å². The average Bonchev–Trinajstić information content (AvgIpc) is 3.06. The van der Waals surface area contributed by atoms with Crippen molar-refractivity contribution in [3.05, 3.63) is 11.1 Å².